The summed E-state index contributed by atoms with van der Waals surface area (Å²) in [5, 5.41) is 0. The van der Waals surface area contributed by atoms with Crippen LogP contribution in [0.3, 0.4) is 0 Å². The number of hydrogen-bond acceptors (Lipinski definition) is 3. The Balaban J connectivity index is 2.57. The molecule has 1 heterocycles. The standard InChI is InChI=1S/C11H22N2O2/c1-8(2)10(12)11(14)13-5-4-6-15-9(3)7-13/h8-10H,4-7,12H2,1-3H3. The van der Waals surface area contributed by atoms with Crippen molar-refractivity contribution in [2.75, 3.05) is 19.7 Å². The molecule has 0 aromatic carbocycles. The molecule has 0 bridgehead atoms. The van der Waals surface area contributed by atoms with Crippen LogP contribution in [0, 0.1) is 5.92 Å². The van der Waals surface area contributed by atoms with Crippen molar-refractivity contribution in [3.05, 3.63) is 0 Å². The maximum Gasteiger partial charge on any atom is 0.239 e. The van der Waals surface area contributed by atoms with Crippen LogP contribution >= 0.6 is 0 Å². The van der Waals surface area contributed by atoms with Crippen LogP contribution in [0.15, 0.2) is 0 Å². The van der Waals surface area contributed by atoms with Gasteiger partial charge in [-0.15, -0.1) is 0 Å². The number of ether oxygens (including phenoxy) is 1. The Morgan fingerprint density at radius 2 is 2.20 bits per heavy atom. The minimum atomic E-state index is -0.379. The first-order valence-electron chi connectivity index (χ1n) is 5.68. The lowest BCUT2D eigenvalue weighted by Gasteiger charge is -2.26. The first-order chi connectivity index (χ1) is 7.02. The summed E-state index contributed by atoms with van der Waals surface area (Å²) in [4.78, 5) is 13.8. The summed E-state index contributed by atoms with van der Waals surface area (Å²) in [7, 11) is 0. The van der Waals surface area contributed by atoms with Crippen LogP contribution < -0.4 is 5.73 Å². The van der Waals surface area contributed by atoms with E-state index in [1.807, 2.05) is 25.7 Å². The van der Waals surface area contributed by atoms with E-state index >= 15 is 0 Å². The van der Waals surface area contributed by atoms with Crippen LogP contribution in [0.2, 0.25) is 0 Å². The molecule has 2 atom stereocenters. The lowest BCUT2D eigenvalue weighted by Crippen LogP contribution is -2.48. The Morgan fingerprint density at radius 1 is 1.53 bits per heavy atom. The molecule has 1 amide bonds. The molecule has 0 aromatic rings. The zero-order chi connectivity index (χ0) is 11.4. The highest BCUT2D eigenvalue weighted by Gasteiger charge is 2.25. The molecule has 1 fully saturated rings. The van der Waals surface area contributed by atoms with E-state index in [-0.39, 0.29) is 24.0 Å². The first-order valence-corrected chi connectivity index (χ1v) is 5.68. The molecule has 4 nitrogen and oxygen atoms in total. The van der Waals surface area contributed by atoms with Gasteiger partial charge in [0.1, 0.15) is 0 Å². The molecular weight excluding hydrogens is 192 g/mol. The number of carbonyl (C=O) groups is 1. The highest BCUT2D eigenvalue weighted by Crippen LogP contribution is 2.09. The molecule has 1 aliphatic rings. The molecule has 1 aliphatic heterocycles. The lowest BCUT2D eigenvalue weighted by molar-refractivity contribution is -0.134. The van der Waals surface area contributed by atoms with Gasteiger partial charge < -0.3 is 15.4 Å². The Hall–Kier alpha value is -0.610. The van der Waals surface area contributed by atoms with Gasteiger partial charge >= 0.3 is 0 Å². The number of amides is 1. The van der Waals surface area contributed by atoms with Crippen molar-refractivity contribution in [2.24, 2.45) is 11.7 Å². The van der Waals surface area contributed by atoms with Gasteiger partial charge in [0, 0.05) is 19.7 Å². The SMILES string of the molecule is CC1CN(C(=O)C(N)C(C)C)CCCO1. The average Bonchev–Trinajstić information content (AvgIpc) is 2.40. The van der Waals surface area contributed by atoms with Crippen molar-refractivity contribution >= 4 is 5.91 Å². The summed E-state index contributed by atoms with van der Waals surface area (Å²) >= 11 is 0. The summed E-state index contributed by atoms with van der Waals surface area (Å²) in [5.74, 6) is 0.249. The van der Waals surface area contributed by atoms with Gasteiger partial charge in [0.2, 0.25) is 5.91 Å². The fourth-order valence-corrected chi connectivity index (χ4v) is 1.69. The second-order valence-corrected chi connectivity index (χ2v) is 4.59. The number of rotatable bonds is 2. The molecule has 0 radical (unpaired) electrons. The van der Waals surface area contributed by atoms with Crippen LogP contribution in [-0.4, -0.2) is 42.6 Å². The average molecular weight is 214 g/mol. The van der Waals surface area contributed by atoms with Gasteiger partial charge in [-0.2, -0.15) is 0 Å². The maximum atomic E-state index is 12.0. The van der Waals surface area contributed by atoms with Gasteiger partial charge in [-0.3, -0.25) is 4.79 Å². The summed E-state index contributed by atoms with van der Waals surface area (Å²) in [6.45, 7) is 8.11. The normalized spacial score (nSPS) is 25.1. The molecule has 0 aliphatic carbocycles. The highest BCUT2D eigenvalue weighted by molar-refractivity contribution is 5.81. The fraction of sp³-hybridized carbons (Fsp3) is 0.909. The van der Waals surface area contributed by atoms with Gasteiger partial charge in [-0.1, -0.05) is 13.8 Å². The Bertz CT molecular complexity index is 219. The zero-order valence-electron chi connectivity index (χ0n) is 9.90. The summed E-state index contributed by atoms with van der Waals surface area (Å²) in [6, 6.07) is -0.379. The van der Waals surface area contributed by atoms with E-state index in [1.54, 1.807) is 0 Å². The van der Waals surface area contributed by atoms with Gasteiger partial charge in [0.15, 0.2) is 0 Å². The molecule has 0 aromatic heterocycles. The summed E-state index contributed by atoms with van der Waals surface area (Å²) in [6.07, 6.45) is 1.02. The molecule has 1 rings (SSSR count). The molecule has 1 saturated heterocycles. The van der Waals surface area contributed by atoms with Gasteiger partial charge in [-0.05, 0) is 19.3 Å². The molecule has 2 unspecified atom stereocenters. The van der Waals surface area contributed by atoms with Crippen LogP contribution in [0.4, 0.5) is 0 Å². The molecule has 0 saturated carbocycles. The first kappa shape index (κ1) is 12.5. The van der Waals surface area contributed by atoms with E-state index in [0.717, 1.165) is 19.6 Å². The van der Waals surface area contributed by atoms with Gasteiger partial charge in [-0.25, -0.2) is 0 Å². The molecule has 88 valence electrons. The van der Waals surface area contributed by atoms with Crippen LogP contribution in [0.5, 0.6) is 0 Å². The Kier molecular flexibility index (Phi) is 4.54. The van der Waals surface area contributed by atoms with Crippen LogP contribution in [-0.2, 0) is 9.53 Å². The Morgan fingerprint density at radius 3 is 2.80 bits per heavy atom. The Labute approximate surface area is 91.8 Å². The number of carbonyl (C=O) groups excluding carboxylic acids is 1. The predicted octanol–water partition coefficient (Wildman–Crippen LogP) is 0.607. The molecule has 15 heavy (non-hydrogen) atoms. The minimum Gasteiger partial charge on any atom is -0.377 e. The number of nitrogens with two attached hydrogens (primary N) is 1. The zero-order valence-corrected chi connectivity index (χ0v) is 9.90. The monoisotopic (exact) mass is 214 g/mol. The maximum absolute atomic E-state index is 12.0. The van der Waals surface area contributed by atoms with E-state index < -0.39 is 0 Å². The second kappa shape index (κ2) is 5.47. The molecule has 2 N–H and O–H groups in total. The largest absolute Gasteiger partial charge is 0.377 e. The van der Waals surface area contributed by atoms with Crippen molar-refractivity contribution in [1.82, 2.24) is 4.90 Å². The topological polar surface area (TPSA) is 55.6 Å². The van der Waals surface area contributed by atoms with E-state index in [2.05, 4.69) is 0 Å². The predicted molar refractivity (Wildman–Crippen MR) is 59.4 cm³/mol. The third kappa shape index (κ3) is 3.47. The van der Waals surface area contributed by atoms with Gasteiger partial charge in [0.25, 0.3) is 0 Å². The molecular formula is C11H22N2O2. The van der Waals surface area contributed by atoms with Crippen molar-refractivity contribution in [2.45, 2.75) is 39.3 Å². The third-order valence-corrected chi connectivity index (χ3v) is 2.77. The van der Waals surface area contributed by atoms with E-state index in [4.69, 9.17) is 10.5 Å². The fourth-order valence-electron chi connectivity index (χ4n) is 1.69. The van der Waals surface area contributed by atoms with Crippen molar-refractivity contribution in [1.29, 1.82) is 0 Å². The molecule has 0 spiro atoms. The number of nitrogens with zero attached hydrogens (tertiary/aromatic N) is 1. The van der Waals surface area contributed by atoms with Gasteiger partial charge in [0.05, 0.1) is 12.1 Å². The number of hydrogen-bond donors (Lipinski definition) is 1. The smallest absolute Gasteiger partial charge is 0.239 e. The van der Waals surface area contributed by atoms with E-state index in [1.165, 1.54) is 0 Å². The summed E-state index contributed by atoms with van der Waals surface area (Å²) in [5.41, 5.74) is 5.86. The highest BCUT2D eigenvalue weighted by atomic mass is 16.5. The third-order valence-electron chi connectivity index (χ3n) is 2.77. The van der Waals surface area contributed by atoms with Crippen molar-refractivity contribution < 1.29 is 9.53 Å². The van der Waals surface area contributed by atoms with E-state index in [9.17, 15) is 4.79 Å². The summed E-state index contributed by atoms with van der Waals surface area (Å²) < 4.78 is 5.49. The lowest BCUT2D eigenvalue weighted by atomic mass is 10.0. The van der Waals surface area contributed by atoms with E-state index in [0.29, 0.717) is 6.54 Å². The van der Waals surface area contributed by atoms with Crippen LogP contribution in [0.1, 0.15) is 27.2 Å². The van der Waals surface area contributed by atoms with Crippen LogP contribution in [0.25, 0.3) is 0 Å². The minimum absolute atomic E-state index is 0.0577. The second-order valence-electron chi connectivity index (χ2n) is 4.59. The molecule has 4 heteroatoms. The van der Waals surface area contributed by atoms with Crippen molar-refractivity contribution in [3.63, 3.8) is 0 Å². The quantitative estimate of drug-likeness (QED) is 0.732. The van der Waals surface area contributed by atoms with Crippen molar-refractivity contribution in [3.8, 4) is 0 Å².